The first-order valence-electron chi connectivity index (χ1n) is 18.3. The molecule has 254 valence electrons. The molecule has 0 unspecified atom stereocenters. The summed E-state index contributed by atoms with van der Waals surface area (Å²) in [6, 6.07) is 65.9. The number of aromatic nitrogens is 3. The van der Waals surface area contributed by atoms with Crippen LogP contribution < -0.4 is 0 Å². The Hall–Kier alpha value is -7.86. The molecular formula is C50H29N5. The zero-order valence-corrected chi connectivity index (χ0v) is 29.5. The van der Waals surface area contributed by atoms with E-state index in [1.807, 2.05) is 30.3 Å². The first-order valence-corrected chi connectivity index (χ1v) is 18.3. The fourth-order valence-electron chi connectivity index (χ4n) is 8.78. The second-order valence-electron chi connectivity index (χ2n) is 14.0. The molecule has 8 aromatic carbocycles. The Morgan fingerprint density at radius 3 is 1.45 bits per heavy atom. The highest BCUT2D eigenvalue weighted by atomic mass is 15.0. The molecule has 0 fully saturated rings. The molecule has 0 amide bonds. The third-order valence-corrected chi connectivity index (χ3v) is 11.1. The highest BCUT2D eigenvalue weighted by molar-refractivity contribution is 6.13. The van der Waals surface area contributed by atoms with Crippen molar-refractivity contribution in [2.24, 2.45) is 0 Å². The highest BCUT2D eigenvalue weighted by Gasteiger charge is 2.22. The number of benzene rings is 8. The lowest BCUT2D eigenvalue weighted by molar-refractivity contribution is 1.15. The predicted octanol–water partition coefficient (Wildman–Crippen LogP) is 12.4. The summed E-state index contributed by atoms with van der Waals surface area (Å²) in [4.78, 5) is 0. The summed E-state index contributed by atoms with van der Waals surface area (Å²) in [5, 5.41) is 27.5. The molecule has 3 aromatic heterocycles. The summed E-state index contributed by atoms with van der Waals surface area (Å²) in [6.45, 7) is 0. The van der Waals surface area contributed by atoms with Crippen LogP contribution in [0.15, 0.2) is 176 Å². The summed E-state index contributed by atoms with van der Waals surface area (Å²) in [5.41, 5.74) is 12.3. The van der Waals surface area contributed by atoms with Crippen molar-refractivity contribution in [3.8, 4) is 40.3 Å². The summed E-state index contributed by atoms with van der Waals surface area (Å²) < 4.78 is 6.87. The van der Waals surface area contributed by atoms with Gasteiger partial charge in [0.25, 0.3) is 0 Å². The van der Waals surface area contributed by atoms with E-state index in [0.717, 1.165) is 72.1 Å². The van der Waals surface area contributed by atoms with Gasteiger partial charge in [-0.2, -0.15) is 10.5 Å². The minimum absolute atomic E-state index is 0.560. The second kappa shape index (κ2) is 11.8. The van der Waals surface area contributed by atoms with E-state index in [2.05, 4.69) is 171 Å². The van der Waals surface area contributed by atoms with E-state index in [1.165, 1.54) is 21.5 Å². The van der Waals surface area contributed by atoms with Crippen LogP contribution in [0.4, 0.5) is 0 Å². The van der Waals surface area contributed by atoms with Gasteiger partial charge in [0.15, 0.2) is 0 Å². The third-order valence-electron chi connectivity index (χ3n) is 11.1. The van der Waals surface area contributed by atoms with Gasteiger partial charge in [-0.1, -0.05) is 103 Å². The molecule has 5 heteroatoms. The largest absolute Gasteiger partial charge is 0.309 e. The zero-order chi connectivity index (χ0) is 36.6. The normalized spacial score (nSPS) is 11.6. The molecule has 11 aromatic rings. The molecule has 0 saturated heterocycles. The van der Waals surface area contributed by atoms with E-state index in [1.54, 1.807) is 0 Å². The molecule has 11 rings (SSSR count). The molecule has 0 spiro atoms. The monoisotopic (exact) mass is 699 g/mol. The molecule has 0 radical (unpaired) electrons. The van der Waals surface area contributed by atoms with Crippen LogP contribution in [0.2, 0.25) is 0 Å². The zero-order valence-electron chi connectivity index (χ0n) is 29.5. The number of hydrogen-bond donors (Lipinski definition) is 0. The van der Waals surface area contributed by atoms with Crippen molar-refractivity contribution in [3.05, 3.63) is 187 Å². The van der Waals surface area contributed by atoms with E-state index >= 15 is 0 Å². The van der Waals surface area contributed by atoms with Gasteiger partial charge < -0.3 is 13.7 Å². The van der Waals surface area contributed by atoms with Crippen molar-refractivity contribution in [2.75, 3.05) is 0 Å². The van der Waals surface area contributed by atoms with E-state index < -0.39 is 0 Å². The summed E-state index contributed by atoms with van der Waals surface area (Å²) in [6.07, 6.45) is 0. The lowest BCUT2D eigenvalue weighted by Crippen LogP contribution is -2.02. The van der Waals surface area contributed by atoms with Gasteiger partial charge in [0.05, 0.1) is 56.0 Å². The molecule has 3 heterocycles. The minimum atomic E-state index is 0.560. The van der Waals surface area contributed by atoms with Crippen molar-refractivity contribution in [3.63, 3.8) is 0 Å². The third kappa shape index (κ3) is 4.45. The molecule has 0 aliphatic heterocycles. The van der Waals surface area contributed by atoms with E-state index in [9.17, 15) is 10.5 Å². The Labute approximate surface area is 316 Å². The molecule has 0 atom stereocenters. The number of para-hydroxylation sites is 5. The average molecular weight is 700 g/mol. The van der Waals surface area contributed by atoms with E-state index in [-0.39, 0.29) is 0 Å². The topological polar surface area (TPSA) is 62.4 Å². The van der Waals surface area contributed by atoms with Gasteiger partial charge in [0.2, 0.25) is 0 Å². The number of fused-ring (bicyclic) bond motifs is 9. The average Bonchev–Trinajstić information content (AvgIpc) is 3.88. The van der Waals surface area contributed by atoms with Gasteiger partial charge in [-0.15, -0.1) is 0 Å². The first kappa shape index (κ1) is 30.7. The van der Waals surface area contributed by atoms with Crippen LogP contribution in [0, 0.1) is 22.7 Å². The maximum atomic E-state index is 10.8. The van der Waals surface area contributed by atoms with Crippen LogP contribution in [-0.2, 0) is 0 Å². The number of nitrogens with zero attached hydrogens (tertiary/aromatic N) is 5. The van der Waals surface area contributed by atoms with Gasteiger partial charge in [-0.05, 0) is 78.4 Å². The van der Waals surface area contributed by atoms with Crippen LogP contribution in [0.25, 0.3) is 93.6 Å². The smallest absolute Gasteiger partial charge is 0.101 e. The lowest BCUT2D eigenvalue weighted by Gasteiger charge is -2.17. The molecular weight excluding hydrogens is 671 g/mol. The standard InChI is InChI=1S/C50H29N5/c51-30-32-23-26-48-43(27-32)42-25-24-36(54-46-21-7-3-16-40(46)41-17-4-8-22-47(41)54)29-49(42)55(48)50-34(31-52)12-10-18-37(50)33-11-9-13-35(28-33)53-44-19-5-1-14-38(44)39-15-2-6-20-45(39)53/h1-29H. The number of hydrogen-bond acceptors (Lipinski definition) is 2. The maximum absolute atomic E-state index is 10.8. The summed E-state index contributed by atoms with van der Waals surface area (Å²) >= 11 is 0. The molecule has 0 aliphatic carbocycles. The summed E-state index contributed by atoms with van der Waals surface area (Å²) in [7, 11) is 0. The molecule has 0 N–H and O–H groups in total. The first-order chi connectivity index (χ1) is 27.2. The van der Waals surface area contributed by atoms with Crippen LogP contribution in [-0.4, -0.2) is 13.7 Å². The second-order valence-corrected chi connectivity index (χ2v) is 14.0. The lowest BCUT2D eigenvalue weighted by atomic mass is 9.99. The van der Waals surface area contributed by atoms with Crippen molar-refractivity contribution in [1.82, 2.24) is 13.7 Å². The van der Waals surface area contributed by atoms with Crippen LogP contribution in [0.1, 0.15) is 11.1 Å². The fourth-order valence-corrected chi connectivity index (χ4v) is 8.78. The molecule has 0 aliphatic rings. The SMILES string of the molecule is N#Cc1ccc2c(c1)c1ccc(-n3c4ccccc4c4ccccc43)cc1n2-c1c(C#N)cccc1-c1cccc(-n2c3ccccc3c3ccccc32)c1. The van der Waals surface area contributed by atoms with Gasteiger partial charge in [-0.3, -0.25) is 0 Å². The van der Waals surface area contributed by atoms with Gasteiger partial charge >= 0.3 is 0 Å². The van der Waals surface area contributed by atoms with Crippen molar-refractivity contribution >= 4 is 65.4 Å². The minimum Gasteiger partial charge on any atom is -0.309 e. The van der Waals surface area contributed by atoms with E-state index in [0.29, 0.717) is 11.1 Å². The molecule has 55 heavy (non-hydrogen) atoms. The van der Waals surface area contributed by atoms with Gasteiger partial charge in [-0.25, -0.2) is 0 Å². The molecule has 5 nitrogen and oxygen atoms in total. The Bertz CT molecular complexity index is 3360. The van der Waals surface area contributed by atoms with Crippen LogP contribution in [0.5, 0.6) is 0 Å². The van der Waals surface area contributed by atoms with Gasteiger partial charge in [0.1, 0.15) is 6.07 Å². The number of rotatable bonds is 4. The van der Waals surface area contributed by atoms with Crippen LogP contribution in [0.3, 0.4) is 0 Å². The van der Waals surface area contributed by atoms with Crippen LogP contribution >= 0.6 is 0 Å². The van der Waals surface area contributed by atoms with Gasteiger partial charge in [0, 0.05) is 49.3 Å². The van der Waals surface area contributed by atoms with Crippen molar-refractivity contribution in [2.45, 2.75) is 0 Å². The Morgan fingerprint density at radius 1 is 0.345 bits per heavy atom. The Morgan fingerprint density at radius 2 is 0.873 bits per heavy atom. The molecule has 0 bridgehead atoms. The van der Waals surface area contributed by atoms with E-state index in [4.69, 9.17) is 0 Å². The highest BCUT2D eigenvalue weighted by Crippen LogP contribution is 2.41. The Kier molecular flexibility index (Phi) is 6.61. The predicted molar refractivity (Wildman–Crippen MR) is 224 cm³/mol. The fraction of sp³-hybridized carbons (Fsp3) is 0. The van der Waals surface area contributed by atoms with Crippen molar-refractivity contribution < 1.29 is 0 Å². The summed E-state index contributed by atoms with van der Waals surface area (Å²) in [5.74, 6) is 0. The van der Waals surface area contributed by atoms with Crippen molar-refractivity contribution in [1.29, 1.82) is 10.5 Å². The molecule has 0 saturated carbocycles. The number of nitriles is 2. The Balaban J connectivity index is 1.20. The quantitative estimate of drug-likeness (QED) is 0.184. The maximum Gasteiger partial charge on any atom is 0.101 e.